The third kappa shape index (κ3) is 14.1. The number of aromatic nitrogens is 12. The van der Waals surface area contributed by atoms with E-state index in [9.17, 15) is 0 Å². The van der Waals surface area contributed by atoms with Gasteiger partial charge in [-0.1, -0.05) is 162 Å². The van der Waals surface area contributed by atoms with Crippen molar-refractivity contribution >= 4 is 44.1 Å². The lowest BCUT2D eigenvalue weighted by Crippen LogP contribution is -2.41. The third-order valence-corrected chi connectivity index (χ3v) is 21.3. The van der Waals surface area contributed by atoms with Crippen LogP contribution in [0.5, 0.6) is 0 Å². The fourth-order valence-corrected chi connectivity index (χ4v) is 15.5. The quantitative estimate of drug-likeness (QED) is 0.142. The van der Waals surface area contributed by atoms with E-state index in [1.165, 1.54) is 101 Å². The Labute approximate surface area is 631 Å². The molecule has 12 heteroatoms. The first-order chi connectivity index (χ1) is 51.1. The maximum absolute atomic E-state index is 5.11. The van der Waals surface area contributed by atoms with Crippen molar-refractivity contribution in [3.63, 3.8) is 0 Å². The summed E-state index contributed by atoms with van der Waals surface area (Å²) >= 11 is 0. The van der Waals surface area contributed by atoms with Crippen LogP contribution >= 0.6 is 0 Å². The van der Waals surface area contributed by atoms with Crippen molar-refractivity contribution < 1.29 is 18.3 Å². The summed E-state index contributed by atoms with van der Waals surface area (Å²) in [7, 11) is 17.0. The second kappa shape index (κ2) is 29.6. The van der Waals surface area contributed by atoms with Crippen molar-refractivity contribution in [3.8, 4) is 91.1 Å². The number of imidazole rings is 4. The van der Waals surface area contributed by atoms with Crippen LogP contribution in [0.1, 0.15) is 91.6 Å². The summed E-state index contributed by atoms with van der Waals surface area (Å²) in [6.45, 7) is 29.0. The van der Waals surface area contributed by atoms with Crippen LogP contribution in [0.2, 0.25) is 0 Å². The van der Waals surface area contributed by atoms with Gasteiger partial charge in [-0.2, -0.15) is 18.3 Å². The van der Waals surface area contributed by atoms with Gasteiger partial charge in [0.2, 0.25) is 57.5 Å². The number of benzene rings is 8. The van der Waals surface area contributed by atoms with Gasteiger partial charge in [-0.15, -0.1) is 0 Å². The molecule has 8 aromatic heterocycles. The van der Waals surface area contributed by atoms with Gasteiger partial charge in [-0.05, 0) is 179 Å². The maximum atomic E-state index is 5.11. The van der Waals surface area contributed by atoms with Crippen LogP contribution in [-0.2, 0) is 67.2 Å². The molecule has 8 aromatic carbocycles. The Morgan fingerprint density at radius 2 is 0.570 bits per heavy atom. The van der Waals surface area contributed by atoms with Crippen LogP contribution in [0.3, 0.4) is 0 Å². The standard InChI is InChI=1S/C29H36N3.C23H24N3.C22H22N3.C21H20N3/c1-19-14-10-11-15-20(19)25-21(28(2,3)4)18-22(29(5,6)7)26(32(25)9)27-30-23-16-12-13-17-24(23)31(27)8;1-15-10-6-7-11-18(15)21-16(2)14-17(3)22(26(21)5)23-24-19-12-8-9-13-20(19)25(23)4;1-15-12-13-16(2)17(14-15)19-10-7-11-21(24(19)3)22-23-18-8-5-6-9-20(18)25(22)4;1-15-9-4-5-10-16(15)18-13-8-14-20(23(18)2)21-22-17-11-6-7-12-19(17)24(21)3/h10-18H,1-9H3;6-14H,1-5H3;5-14H,1-4H3;4-14H,1-3H3/q4*+1. The Morgan fingerprint density at radius 1 is 0.252 bits per heavy atom. The van der Waals surface area contributed by atoms with Crippen molar-refractivity contribution in [2.24, 2.45) is 56.4 Å². The van der Waals surface area contributed by atoms with Crippen molar-refractivity contribution in [3.05, 3.63) is 287 Å². The SMILES string of the molecule is Cc1ccc(C)c(-c2cccc(-c3nc4ccccc4n3C)[n+]2C)c1.Cc1ccccc1-c1c(C(C)(C)C)cc(C(C)(C)C)c(-c2nc3ccccc3n2C)[n+]1C.Cc1ccccc1-c1c(C)cc(C)c(-c2nc3ccccc3n2C)[n+]1C.Cc1ccccc1-c1cccc(-c2nc3ccccc3n2C)[n+]1C. The number of fused-ring (bicyclic) bond motifs is 4. The number of hydrogen-bond donors (Lipinski definition) is 0. The van der Waals surface area contributed by atoms with Crippen molar-refractivity contribution in [1.82, 2.24) is 38.2 Å². The van der Waals surface area contributed by atoms with Crippen LogP contribution in [-0.4, -0.2) is 38.2 Å². The first-order valence-corrected chi connectivity index (χ1v) is 37.1. The lowest BCUT2D eigenvalue weighted by atomic mass is 9.77. The highest BCUT2D eigenvalue weighted by Gasteiger charge is 2.37. The molecule has 16 aromatic rings. The lowest BCUT2D eigenvalue weighted by molar-refractivity contribution is -0.650. The van der Waals surface area contributed by atoms with Crippen LogP contribution in [0.15, 0.2) is 237 Å². The van der Waals surface area contributed by atoms with Crippen molar-refractivity contribution in [1.29, 1.82) is 0 Å². The van der Waals surface area contributed by atoms with Gasteiger partial charge >= 0.3 is 0 Å². The van der Waals surface area contributed by atoms with Gasteiger partial charge in [0.1, 0.15) is 28.2 Å². The summed E-state index contributed by atoms with van der Waals surface area (Å²) in [6.07, 6.45) is 0. The molecule has 0 saturated heterocycles. The Bertz CT molecular complexity index is 6050. The molecule has 12 nitrogen and oxygen atoms in total. The van der Waals surface area contributed by atoms with E-state index in [1.807, 2.05) is 18.2 Å². The number of pyridine rings is 4. The molecule has 0 saturated carbocycles. The molecule has 107 heavy (non-hydrogen) atoms. The van der Waals surface area contributed by atoms with Crippen molar-refractivity contribution in [2.45, 2.75) is 101 Å². The summed E-state index contributed by atoms with van der Waals surface area (Å²) < 4.78 is 17.9. The molecule has 0 aliphatic carbocycles. The number of nitrogens with zero attached hydrogens (tertiary/aromatic N) is 12. The molecule has 0 unspecified atom stereocenters. The summed E-state index contributed by atoms with van der Waals surface area (Å²) in [5.74, 6) is 3.97. The average molecular weight is 1410 g/mol. The molecule has 0 amide bonds. The molecule has 0 bridgehead atoms. The Kier molecular flexibility index (Phi) is 20.4. The molecule has 0 aliphatic heterocycles. The van der Waals surface area contributed by atoms with Crippen LogP contribution in [0.4, 0.5) is 0 Å². The number of para-hydroxylation sites is 8. The molecular weight excluding hydrogens is 1310 g/mol. The molecule has 0 spiro atoms. The van der Waals surface area contributed by atoms with Gasteiger partial charge < -0.3 is 18.3 Å². The maximum Gasteiger partial charge on any atom is 0.252 e. The second-order valence-corrected chi connectivity index (χ2v) is 30.9. The number of rotatable bonds is 8. The predicted octanol–water partition coefficient (Wildman–Crippen LogP) is 19.7. The van der Waals surface area contributed by atoms with Gasteiger partial charge in [-0.25, -0.2) is 19.9 Å². The summed E-state index contributed by atoms with van der Waals surface area (Å²) in [5, 5.41) is 0. The normalized spacial score (nSPS) is 11.6. The topological polar surface area (TPSA) is 86.8 Å². The first-order valence-electron chi connectivity index (χ1n) is 37.1. The summed E-state index contributed by atoms with van der Waals surface area (Å²) in [6, 6.07) is 83.1. The highest BCUT2D eigenvalue weighted by atomic mass is 15.1. The highest BCUT2D eigenvalue weighted by Crippen LogP contribution is 2.41. The number of hydrogen-bond acceptors (Lipinski definition) is 4. The molecule has 8 heterocycles. The van der Waals surface area contributed by atoms with E-state index in [0.717, 1.165) is 84.5 Å². The Morgan fingerprint density at radius 3 is 0.991 bits per heavy atom. The molecule has 0 radical (unpaired) electrons. The van der Waals surface area contributed by atoms with E-state index in [-0.39, 0.29) is 10.8 Å². The monoisotopic (exact) mass is 1410 g/mol. The van der Waals surface area contributed by atoms with Gasteiger partial charge in [0.25, 0.3) is 11.4 Å². The second-order valence-electron chi connectivity index (χ2n) is 30.9. The third-order valence-electron chi connectivity index (χ3n) is 21.3. The fourth-order valence-electron chi connectivity index (χ4n) is 15.5. The van der Waals surface area contributed by atoms with E-state index in [0.29, 0.717) is 0 Å². The van der Waals surface area contributed by atoms with Crippen LogP contribution in [0, 0.1) is 48.5 Å². The van der Waals surface area contributed by atoms with E-state index >= 15 is 0 Å². The molecule has 16 rings (SSSR count). The van der Waals surface area contributed by atoms with Crippen molar-refractivity contribution in [2.75, 3.05) is 0 Å². The zero-order chi connectivity index (χ0) is 76.1. The minimum absolute atomic E-state index is 0.000253. The Hall–Kier alpha value is -11.8. The highest BCUT2D eigenvalue weighted by molar-refractivity contribution is 5.84. The lowest BCUT2D eigenvalue weighted by Gasteiger charge is -2.28. The van der Waals surface area contributed by atoms with Crippen LogP contribution in [0.25, 0.3) is 135 Å². The molecular formula is C95H102N12+4. The zero-order valence-corrected chi connectivity index (χ0v) is 66.4. The molecule has 0 fully saturated rings. The molecule has 0 atom stereocenters. The minimum atomic E-state index is -0.0323. The largest absolute Gasteiger partial charge is 0.322 e. The Balaban J connectivity index is 0.000000127. The molecule has 0 N–H and O–H groups in total. The minimum Gasteiger partial charge on any atom is -0.322 e. The van der Waals surface area contributed by atoms with E-state index in [4.69, 9.17) is 19.9 Å². The average Bonchev–Trinajstić information content (AvgIpc) is 1.72. The van der Waals surface area contributed by atoms with Gasteiger partial charge in [0, 0.05) is 97.0 Å². The van der Waals surface area contributed by atoms with Gasteiger partial charge in [0.15, 0.2) is 0 Å². The van der Waals surface area contributed by atoms with Gasteiger partial charge in [0.05, 0.1) is 44.1 Å². The molecule has 0 aliphatic rings. The predicted molar refractivity (Wildman–Crippen MR) is 442 cm³/mol. The smallest absolute Gasteiger partial charge is 0.252 e. The summed E-state index contributed by atoms with van der Waals surface area (Å²) in [5.41, 5.74) is 34.8. The van der Waals surface area contributed by atoms with E-state index in [1.54, 1.807) is 0 Å². The number of aryl methyl sites for hydroxylation is 11. The van der Waals surface area contributed by atoms with Crippen LogP contribution < -0.4 is 18.3 Å². The fraction of sp³-hybridized carbons (Fsp3) is 0.242. The van der Waals surface area contributed by atoms with E-state index < -0.39 is 0 Å². The van der Waals surface area contributed by atoms with E-state index in [2.05, 4.69) is 401 Å². The molecule has 538 valence electrons. The summed E-state index contributed by atoms with van der Waals surface area (Å²) in [4.78, 5) is 19.7. The van der Waals surface area contributed by atoms with Gasteiger partial charge in [-0.3, -0.25) is 0 Å². The zero-order valence-electron chi connectivity index (χ0n) is 66.4. The first kappa shape index (κ1) is 73.5.